The summed E-state index contributed by atoms with van der Waals surface area (Å²) in [4.78, 5) is 11.5. The highest BCUT2D eigenvalue weighted by molar-refractivity contribution is 6.04. The van der Waals surface area contributed by atoms with Crippen LogP contribution in [0.4, 0.5) is 5.69 Å². The summed E-state index contributed by atoms with van der Waals surface area (Å²) < 4.78 is 5.33. The Hall–Kier alpha value is -1.51. The molecule has 1 heterocycles. The number of nitrogens with two attached hydrogens (primary N) is 1. The van der Waals surface area contributed by atoms with Gasteiger partial charge in [-0.05, 0) is 18.6 Å². The van der Waals surface area contributed by atoms with E-state index in [9.17, 15) is 4.79 Å². The van der Waals surface area contributed by atoms with Crippen molar-refractivity contribution in [3.8, 4) is 5.75 Å². The summed E-state index contributed by atoms with van der Waals surface area (Å²) in [5.74, 6) is 0.710. The highest BCUT2D eigenvalue weighted by Crippen LogP contribution is 2.31. The summed E-state index contributed by atoms with van der Waals surface area (Å²) in [5, 5.41) is 0. The van der Waals surface area contributed by atoms with Gasteiger partial charge in [-0.15, -0.1) is 0 Å². The van der Waals surface area contributed by atoms with Crippen molar-refractivity contribution in [3.63, 3.8) is 0 Å². The zero-order valence-corrected chi connectivity index (χ0v) is 7.46. The van der Waals surface area contributed by atoms with Crippen molar-refractivity contribution < 1.29 is 9.53 Å². The summed E-state index contributed by atoms with van der Waals surface area (Å²) >= 11 is 0. The third kappa shape index (κ3) is 1.16. The summed E-state index contributed by atoms with van der Waals surface area (Å²) in [7, 11) is 0. The van der Waals surface area contributed by atoms with E-state index in [1.807, 2.05) is 13.0 Å². The van der Waals surface area contributed by atoms with Crippen LogP contribution in [0, 0.1) is 6.92 Å². The fourth-order valence-corrected chi connectivity index (χ4v) is 1.49. The fourth-order valence-electron chi connectivity index (χ4n) is 1.49. The average Bonchev–Trinajstić information content (AvgIpc) is 2.12. The number of aryl methyl sites for hydroxylation is 1. The molecule has 13 heavy (non-hydrogen) atoms. The van der Waals surface area contributed by atoms with Gasteiger partial charge in [-0.1, -0.05) is 6.07 Å². The number of ketones is 1. The molecule has 0 spiro atoms. The zero-order chi connectivity index (χ0) is 9.42. The Kier molecular flexibility index (Phi) is 1.72. The number of Topliss-reactive ketones (excluding diaryl/α,β-unsaturated/α-hetero) is 1. The number of rotatable bonds is 0. The number of fused-ring (bicyclic) bond motifs is 1. The normalized spacial score (nSPS) is 15.0. The Balaban J connectivity index is 2.65. The Morgan fingerprint density at radius 2 is 2.23 bits per heavy atom. The van der Waals surface area contributed by atoms with Crippen LogP contribution in [0.1, 0.15) is 22.3 Å². The second-order valence-electron chi connectivity index (χ2n) is 3.19. The number of hydrogen-bond donors (Lipinski definition) is 1. The average molecular weight is 177 g/mol. The van der Waals surface area contributed by atoms with Gasteiger partial charge in [0.05, 0.1) is 12.2 Å². The Bertz CT molecular complexity index is 371. The Morgan fingerprint density at radius 1 is 1.46 bits per heavy atom. The number of hydrogen-bond acceptors (Lipinski definition) is 3. The smallest absolute Gasteiger partial charge is 0.172 e. The SMILES string of the molecule is Cc1ccc2c(c1N)C(=O)CCO2. The van der Waals surface area contributed by atoms with Crippen molar-refractivity contribution in [1.29, 1.82) is 0 Å². The first kappa shape index (κ1) is 8.10. The molecule has 0 radical (unpaired) electrons. The van der Waals surface area contributed by atoms with E-state index >= 15 is 0 Å². The molecule has 0 bridgehead atoms. The molecule has 0 aliphatic carbocycles. The second kappa shape index (κ2) is 2.76. The lowest BCUT2D eigenvalue weighted by Gasteiger charge is -2.18. The summed E-state index contributed by atoms with van der Waals surface area (Å²) in [6.45, 7) is 2.35. The van der Waals surface area contributed by atoms with Gasteiger partial charge in [0.2, 0.25) is 0 Å². The number of benzene rings is 1. The molecule has 3 heteroatoms. The number of nitrogen functional groups attached to an aromatic ring is 1. The van der Waals surface area contributed by atoms with Crippen molar-refractivity contribution in [2.75, 3.05) is 12.3 Å². The van der Waals surface area contributed by atoms with E-state index < -0.39 is 0 Å². The molecule has 3 nitrogen and oxygen atoms in total. The van der Waals surface area contributed by atoms with Crippen molar-refractivity contribution >= 4 is 11.5 Å². The van der Waals surface area contributed by atoms with Gasteiger partial charge in [0.25, 0.3) is 0 Å². The van der Waals surface area contributed by atoms with Crippen LogP contribution >= 0.6 is 0 Å². The number of ether oxygens (including phenoxy) is 1. The molecule has 1 aliphatic heterocycles. The molecular weight excluding hydrogens is 166 g/mol. The molecule has 0 aromatic heterocycles. The molecule has 68 valence electrons. The quantitative estimate of drug-likeness (QED) is 0.611. The van der Waals surface area contributed by atoms with Crippen LogP contribution in [-0.2, 0) is 0 Å². The van der Waals surface area contributed by atoms with Crippen LogP contribution in [0.2, 0.25) is 0 Å². The molecular formula is C10H11NO2. The third-order valence-corrected chi connectivity index (χ3v) is 2.29. The van der Waals surface area contributed by atoms with Crippen molar-refractivity contribution in [3.05, 3.63) is 23.3 Å². The van der Waals surface area contributed by atoms with E-state index in [1.165, 1.54) is 0 Å². The van der Waals surface area contributed by atoms with Crippen molar-refractivity contribution in [2.45, 2.75) is 13.3 Å². The predicted molar refractivity (Wildman–Crippen MR) is 50.0 cm³/mol. The van der Waals surface area contributed by atoms with E-state index in [-0.39, 0.29) is 5.78 Å². The molecule has 1 aromatic carbocycles. The van der Waals surface area contributed by atoms with Crippen LogP contribution in [0.15, 0.2) is 12.1 Å². The van der Waals surface area contributed by atoms with Gasteiger partial charge >= 0.3 is 0 Å². The van der Waals surface area contributed by atoms with Crippen LogP contribution in [0.3, 0.4) is 0 Å². The number of carbonyl (C=O) groups excluding carboxylic acids is 1. The first-order valence-electron chi connectivity index (χ1n) is 4.25. The number of carbonyl (C=O) groups is 1. The lowest BCUT2D eigenvalue weighted by Crippen LogP contribution is -2.17. The monoisotopic (exact) mass is 177 g/mol. The minimum Gasteiger partial charge on any atom is -0.492 e. The Morgan fingerprint density at radius 3 is 3.00 bits per heavy atom. The van der Waals surface area contributed by atoms with Crippen LogP contribution < -0.4 is 10.5 Å². The van der Waals surface area contributed by atoms with Gasteiger partial charge in [-0.2, -0.15) is 0 Å². The van der Waals surface area contributed by atoms with E-state index in [0.717, 1.165) is 5.56 Å². The van der Waals surface area contributed by atoms with Crippen LogP contribution in [0.25, 0.3) is 0 Å². The van der Waals surface area contributed by atoms with Crippen molar-refractivity contribution in [1.82, 2.24) is 0 Å². The minimum atomic E-state index is 0.0856. The molecule has 0 amide bonds. The first-order chi connectivity index (χ1) is 6.20. The summed E-state index contributed by atoms with van der Waals surface area (Å²) in [5.41, 5.74) is 7.84. The molecule has 1 aliphatic rings. The molecule has 2 N–H and O–H groups in total. The van der Waals surface area contributed by atoms with E-state index in [1.54, 1.807) is 6.07 Å². The molecule has 0 fully saturated rings. The molecule has 0 saturated heterocycles. The van der Waals surface area contributed by atoms with E-state index in [4.69, 9.17) is 10.5 Å². The van der Waals surface area contributed by atoms with Gasteiger partial charge < -0.3 is 10.5 Å². The largest absolute Gasteiger partial charge is 0.492 e. The van der Waals surface area contributed by atoms with E-state index in [0.29, 0.717) is 30.0 Å². The topological polar surface area (TPSA) is 52.3 Å². The third-order valence-electron chi connectivity index (χ3n) is 2.29. The highest BCUT2D eigenvalue weighted by atomic mass is 16.5. The summed E-state index contributed by atoms with van der Waals surface area (Å²) in [6.07, 6.45) is 0.431. The van der Waals surface area contributed by atoms with E-state index in [2.05, 4.69) is 0 Å². The van der Waals surface area contributed by atoms with Gasteiger partial charge in [0.15, 0.2) is 5.78 Å². The second-order valence-corrected chi connectivity index (χ2v) is 3.19. The van der Waals surface area contributed by atoms with Crippen LogP contribution in [-0.4, -0.2) is 12.4 Å². The standard InChI is InChI=1S/C10H11NO2/c1-6-2-3-8-9(10(6)11)7(12)4-5-13-8/h2-3H,4-5,11H2,1H3. The lowest BCUT2D eigenvalue weighted by atomic mass is 10.00. The number of anilines is 1. The van der Waals surface area contributed by atoms with Crippen molar-refractivity contribution in [2.24, 2.45) is 0 Å². The van der Waals surface area contributed by atoms with Crippen LogP contribution in [0.5, 0.6) is 5.75 Å². The highest BCUT2D eigenvalue weighted by Gasteiger charge is 2.21. The maximum absolute atomic E-state index is 11.5. The Labute approximate surface area is 76.5 Å². The summed E-state index contributed by atoms with van der Waals surface area (Å²) in [6, 6.07) is 3.67. The fraction of sp³-hybridized carbons (Fsp3) is 0.300. The zero-order valence-electron chi connectivity index (χ0n) is 7.46. The van der Waals surface area contributed by atoms with Gasteiger partial charge in [0, 0.05) is 12.1 Å². The first-order valence-corrected chi connectivity index (χ1v) is 4.25. The molecule has 0 unspecified atom stereocenters. The molecule has 0 atom stereocenters. The van der Waals surface area contributed by atoms with Gasteiger partial charge in [-0.25, -0.2) is 0 Å². The van der Waals surface area contributed by atoms with Gasteiger partial charge in [-0.3, -0.25) is 4.79 Å². The molecule has 0 saturated carbocycles. The predicted octanol–water partition coefficient (Wildman–Crippen LogP) is 1.54. The lowest BCUT2D eigenvalue weighted by molar-refractivity contribution is 0.0934. The molecule has 1 aromatic rings. The minimum absolute atomic E-state index is 0.0856. The molecule has 2 rings (SSSR count). The van der Waals surface area contributed by atoms with Gasteiger partial charge in [0.1, 0.15) is 5.75 Å². The maximum Gasteiger partial charge on any atom is 0.172 e. The maximum atomic E-state index is 11.5.